The summed E-state index contributed by atoms with van der Waals surface area (Å²) in [5.41, 5.74) is 8.89. The maximum atomic E-state index is 13.3. The second-order valence-corrected chi connectivity index (χ2v) is 24.8. The topological polar surface area (TPSA) is 121 Å². The molecule has 0 bridgehead atoms. The molecule has 10 nitrogen and oxygen atoms in total. The number of nitrogens with one attached hydrogen (secondary N) is 3. The molecule has 4 rings (SSSR count). The van der Waals surface area contributed by atoms with Crippen LogP contribution in [0.4, 0.5) is 0 Å². The van der Waals surface area contributed by atoms with Crippen LogP contribution in [-0.4, -0.2) is 52.8 Å². The first-order valence-corrected chi connectivity index (χ1v) is 24.4. The quantitative estimate of drug-likeness (QED) is 0.0715. The number of esters is 2. The number of nitrogens with zero attached hydrogens (tertiary/aromatic N) is 2. The number of hydrogen-bond donors (Lipinski definition) is 3. The van der Waals surface area contributed by atoms with Gasteiger partial charge in [0.05, 0.1) is 0 Å². The summed E-state index contributed by atoms with van der Waals surface area (Å²) in [6.45, 7) is 6.76. The van der Waals surface area contributed by atoms with Gasteiger partial charge in [-0.05, 0) is 12.1 Å². The molecule has 0 fully saturated rings. The number of benzene rings is 3. The van der Waals surface area contributed by atoms with Crippen molar-refractivity contribution in [3.8, 4) is 5.75 Å². The molecule has 3 aromatic carbocycles. The van der Waals surface area contributed by atoms with Gasteiger partial charge in [0.1, 0.15) is 0 Å². The van der Waals surface area contributed by atoms with Crippen molar-refractivity contribution in [3.63, 3.8) is 0 Å². The molecule has 1 unspecified atom stereocenters. The van der Waals surface area contributed by atoms with E-state index in [0.29, 0.717) is 28.7 Å². The van der Waals surface area contributed by atoms with Crippen molar-refractivity contribution < 1.29 is 23.9 Å². The van der Waals surface area contributed by atoms with Crippen molar-refractivity contribution in [3.05, 3.63) is 101 Å². The molecule has 1 heterocycles. The third-order valence-electron chi connectivity index (χ3n) is 8.73. The Morgan fingerprint density at radius 1 is 0.833 bits per heavy atom. The van der Waals surface area contributed by atoms with Gasteiger partial charge >= 0.3 is 260 Å². The summed E-state index contributed by atoms with van der Waals surface area (Å²) in [5.74, 6) is -0.620. The van der Waals surface area contributed by atoms with E-state index in [4.69, 9.17) is 14.6 Å². The number of methoxy groups -OCH3 is 1. The standard InChI is InChI=1S/C25H22N5O5.3C4H9.Sn/c1-34-25(33)22(26-23(31)16-8-4-2-5-9-16)19-13-12-18(15-21-27-29-30-28-21)20(14-19)35-24(32)17-10-6-3-7-11-17;3*1-3-4-2;/h2-14,22,29H,15H2,1H3,(H,26,31)(H,27,28);3*1,3-4H2,2H3;/q-1;;;;+1. The molecule has 11 heteroatoms. The zero-order valence-electron chi connectivity index (χ0n) is 28.6. The van der Waals surface area contributed by atoms with Gasteiger partial charge in [-0.25, -0.2) is 0 Å². The van der Waals surface area contributed by atoms with Crippen molar-refractivity contribution in [1.29, 1.82) is 0 Å². The predicted molar refractivity (Wildman–Crippen MR) is 191 cm³/mol. The van der Waals surface area contributed by atoms with Crippen LogP contribution in [0.25, 0.3) is 0 Å². The third-order valence-corrected chi connectivity index (χ3v) is 23.0. The van der Waals surface area contributed by atoms with Crippen LogP contribution in [0, 0.1) is 0 Å². The maximum absolute atomic E-state index is 13.3. The molecule has 0 radical (unpaired) electrons. The Hall–Kier alpha value is -3.90. The summed E-state index contributed by atoms with van der Waals surface area (Å²) in [4.78, 5) is 39.3. The van der Waals surface area contributed by atoms with Crippen LogP contribution in [0.15, 0.2) is 84.0 Å². The number of hydrogen-bond acceptors (Lipinski definition) is 9. The molecule has 3 N–H and O–H groups in total. The fourth-order valence-corrected chi connectivity index (χ4v) is 20.4. The SMILES string of the molecule is CCC[CH2][Sn]([CH2]CCC)([CH2]CCC)[N]1NN=C(Cc2ccc(C(NC(=O)c3ccccc3)C(=O)OC)cc2OC(=O)c2ccccc2)N1. The second kappa shape index (κ2) is 18.6. The van der Waals surface area contributed by atoms with Gasteiger partial charge < -0.3 is 0 Å². The van der Waals surface area contributed by atoms with E-state index in [1.165, 1.54) is 58.9 Å². The first-order chi connectivity index (χ1) is 23.3. The number of carbonyl (C=O) groups is 3. The van der Waals surface area contributed by atoms with Gasteiger partial charge in [-0.2, -0.15) is 0 Å². The monoisotopic (exact) mass is 763 g/mol. The summed E-state index contributed by atoms with van der Waals surface area (Å²) in [6, 6.07) is 21.4. The minimum atomic E-state index is -2.88. The van der Waals surface area contributed by atoms with E-state index >= 15 is 0 Å². The predicted octanol–water partition coefficient (Wildman–Crippen LogP) is 7.08. The molecule has 1 amide bonds. The summed E-state index contributed by atoms with van der Waals surface area (Å²) in [6.07, 6.45) is 7.49. The van der Waals surface area contributed by atoms with Crippen LogP contribution >= 0.6 is 0 Å². The molecule has 0 saturated heterocycles. The molecule has 0 aliphatic carbocycles. The van der Waals surface area contributed by atoms with Gasteiger partial charge in [-0.15, -0.1) is 0 Å². The fourth-order valence-electron chi connectivity index (χ4n) is 5.93. The van der Waals surface area contributed by atoms with Crippen molar-refractivity contribution >= 4 is 42.3 Å². The molecular formula is C37H49N5O5Sn. The van der Waals surface area contributed by atoms with Crippen LogP contribution in [0.3, 0.4) is 0 Å². The van der Waals surface area contributed by atoms with Gasteiger partial charge in [0.2, 0.25) is 0 Å². The Balaban J connectivity index is 1.63. The van der Waals surface area contributed by atoms with E-state index < -0.39 is 42.5 Å². The van der Waals surface area contributed by atoms with E-state index in [0.717, 1.165) is 5.84 Å². The normalized spacial score (nSPS) is 13.5. The van der Waals surface area contributed by atoms with Crippen molar-refractivity contribution in [1.82, 2.24) is 19.6 Å². The number of amides is 1. The molecule has 1 atom stereocenters. The van der Waals surface area contributed by atoms with Gasteiger partial charge in [0.25, 0.3) is 0 Å². The number of hydrazone groups is 1. The minimum absolute atomic E-state index is 0.268. The van der Waals surface area contributed by atoms with Gasteiger partial charge in [0.15, 0.2) is 0 Å². The summed E-state index contributed by atoms with van der Waals surface area (Å²) >= 11 is -2.88. The van der Waals surface area contributed by atoms with E-state index in [1.807, 2.05) is 18.2 Å². The number of carbonyl (C=O) groups excluding carboxylic acids is 3. The number of hydrazine groups is 2. The zero-order valence-corrected chi connectivity index (χ0v) is 31.4. The van der Waals surface area contributed by atoms with E-state index in [1.54, 1.807) is 60.7 Å². The summed E-state index contributed by atoms with van der Waals surface area (Å²) < 4.78 is 17.1. The van der Waals surface area contributed by atoms with E-state index in [-0.39, 0.29) is 5.75 Å². The van der Waals surface area contributed by atoms with Crippen LogP contribution in [-0.2, 0) is 16.0 Å². The first-order valence-electron chi connectivity index (χ1n) is 17.1. The van der Waals surface area contributed by atoms with Crippen molar-refractivity contribution in [2.75, 3.05) is 7.11 Å². The average Bonchev–Trinajstić information content (AvgIpc) is 3.60. The second-order valence-electron chi connectivity index (χ2n) is 12.2. The Kier molecular flexibility index (Phi) is 14.3. The molecular weight excluding hydrogens is 713 g/mol. The first kappa shape index (κ1) is 36.9. The number of unbranched alkanes of at least 4 members (excludes halogenated alkanes) is 3. The van der Waals surface area contributed by atoms with Gasteiger partial charge in [0, 0.05) is 0 Å². The van der Waals surface area contributed by atoms with Crippen LogP contribution in [0.5, 0.6) is 5.75 Å². The average molecular weight is 763 g/mol. The van der Waals surface area contributed by atoms with E-state index in [9.17, 15) is 14.4 Å². The van der Waals surface area contributed by atoms with Crippen LogP contribution in [0.2, 0.25) is 13.3 Å². The van der Waals surface area contributed by atoms with Crippen LogP contribution < -0.4 is 21.0 Å². The Morgan fingerprint density at radius 2 is 1.42 bits per heavy atom. The van der Waals surface area contributed by atoms with Crippen LogP contribution in [0.1, 0.15) is 97.2 Å². The van der Waals surface area contributed by atoms with Gasteiger partial charge in [-0.3, -0.25) is 0 Å². The molecule has 1 aliphatic heterocycles. The van der Waals surface area contributed by atoms with E-state index in [2.05, 4.69) is 40.4 Å². The fraction of sp³-hybridized carbons (Fsp3) is 0.405. The number of rotatable bonds is 18. The molecule has 3 aromatic rings. The van der Waals surface area contributed by atoms with Crippen molar-refractivity contribution in [2.45, 2.75) is 85.1 Å². The summed E-state index contributed by atoms with van der Waals surface area (Å²) in [7, 11) is 1.27. The van der Waals surface area contributed by atoms with Crippen molar-refractivity contribution in [2.24, 2.45) is 5.10 Å². The van der Waals surface area contributed by atoms with Gasteiger partial charge in [-0.1, -0.05) is 18.2 Å². The molecule has 256 valence electrons. The third kappa shape index (κ3) is 9.82. The Labute approximate surface area is 288 Å². The number of ether oxygens (including phenoxy) is 2. The number of amidine groups is 1. The molecule has 0 saturated carbocycles. The Morgan fingerprint density at radius 3 is 1.98 bits per heavy atom. The molecule has 0 aromatic heterocycles. The molecule has 48 heavy (non-hydrogen) atoms. The molecule has 1 aliphatic rings. The zero-order chi connectivity index (χ0) is 34.4. The molecule has 0 spiro atoms. The Bertz CT molecular complexity index is 1510. The summed E-state index contributed by atoms with van der Waals surface area (Å²) in [5, 5.41) is 7.49.